The fourth-order valence-corrected chi connectivity index (χ4v) is 3.40. The molecule has 1 aliphatic rings. The van der Waals surface area contributed by atoms with Crippen molar-refractivity contribution in [1.29, 1.82) is 0 Å². The average molecular weight is 365 g/mol. The quantitative estimate of drug-likeness (QED) is 0.602. The second-order valence-electron chi connectivity index (χ2n) is 6.58. The van der Waals surface area contributed by atoms with Crippen molar-refractivity contribution in [2.24, 2.45) is 5.92 Å². The number of nitrogens with zero attached hydrogens (tertiary/aromatic N) is 1. The van der Waals surface area contributed by atoms with Crippen LogP contribution in [0.25, 0.3) is 0 Å². The van der Waals surface area contributed by atoms with Crippen molar-refractivity contribution in [2.45, 2.75) is 19.8 Å². The highest BCUT2D eigenvalue weighted by atomic mass is 16.5. The number of ether oxygens (including phenoxy) is 1. The molecule has 0 N–H and O–H groups in total. The third-order valence-corrected chi connectivity index (χ3v) is 4.77. The number of likely N-dealkylation sites (tertiary alicyclic amines) is 1. The Hall–Kier alpha value is -2.95. The highest BCUT2D eigenvalue weighted by molar-refractivity contribution is 6.15. The minimum atomic E-state index is -0.306. The lowest BCUT2D eigenvalue weighted by Gasteiger charge is -2.32. The summed E-state index contributed by atoms with van der Waals surface area (Å²) in [6.07, 6.45) is 1.46. The zero-order valence-corrected chi connectivity index (χ0v) is 15.4. The van der Waals surface area contributed by atoms with Gasteiger partial charge in [0, 0.05) is 24.2 Å². The first-order valence-corrected chi connectivity index (χ1v) is 9.26. The van der Waals surface area contributed by atoms with E-state index in [1.807, 2.05) is 6.07 Å². The molecule has 2 aromatic rings. The summed E-state index contributed by atoms with van der Waals surface area (Å²) in [7, 11) is 0. The average Bonchev–Trinajstić information content (AvgIpc) is 2.73. The number of carbonyl (C=O) groups excluding carboxylic acids is 3. The minimum Gasteiger partial charge on any atom is -0.466 e. The highest BCUT2D eigenvalue weighted by Crippen LogP contribution is 2.22. The van der Waals surface area contributed by atoms with Crippen molar-refractivity contribution in [1.82, 2.24) is 4.90 Å². The summed E-state index contributed by atoms with van der Waals surface area (Å²) in [6.45, 7) is 3.00. The van der Waals surface area contributed by atoms with E-state index in [0.29, 0.717) is 42.8 Å². The third-order valence-electron chi connectivity index (χ3n) is 4.77. The van der Waals surface area contributed by atoms with Gasteiger partial charge in [0.2, 0.25) is 0 Å². The number of ketones is 1. The molecule has 1 heterocycles. The van der Waals surface area contributed by atoms with Crippen LogP contribution in [0.3, 0.4) is 0 Å². The van der Waals surface area contributed by atoms with Gasteiger partial charge in [-0.15, -0.1) is 0 Å². The summed E-state index contributed by atoms with van der Waals surface area (Å²) in [5.41, 5.74) is 1.30. The first-order chi connectivity index (χ1) is 13.1. The Morgan fingerprint density at radius 1 is 1.00 bits per heavy atom. The van der Waals surface area contributed by atoms with Gasteiger partial charge in [-0.1, -0.05) is 48.5 Å². The zero-order valence-electron chi connectivity index (χ0n) is 15.4. The van der Waals surface area contributed by atoms with Crippen LogP contribution in [-0.4, -0.2) is 42.3 Å². The number of benzene rings is 2. The van der Waals surface area contributed by atoms with Crippen molar-refractivity contribution in [2.75, 3.05) is 19.7 Å². The van der Waals surface area contributed by atoms with Gasteiger partial charge in [-0.25, -0.2) is 0 Å². The molecule has 1 amide bonds. The third kappa shape index (κ3) is 4.25. The van der Waals surface area contributed by atoms with Gasteiger partial charge in [0.15, 0.2) is 5.78 Å². The van der Waals surface area contributed by atoms with Crippen molar-refractivity contribution in [3.8, 4) is 0 Å². The molecule has 140 valence electrons. The molecule has 5 nitrogen and oxygen atoms in total. The Morgan fingerprint density at radius 3 is 2.37 bits per heavy atom. The van der Waals surface area contributed by atoms with Crippen molar-refractivity contribution in [3.05, 3.63) is 71.3 Å². The number of esters is 1. The zero-order chi connectivity index (χ0) is 19.2. The maximum absolute atomic E-state index is 13.1. The van der Waals surface area contributed by atoms with Crippen molar-refractivity contribution in [3.63, 3.8) is 0 Å². The van der Waals surface area contributed by atoms with Crippen LogP contribution in [-0.2, 0) is 9.53 Å². The summed E-state index contributed by atoms with van der Waals surface area (Å²) in [5, 5.41) is 0. The van der Waals surface area contributed by atoms with Gasteiger partial charge in [-0.2, -0.15) is 0 Å². The van der Waals surface area contributed by atoms with E-state index >= 15 is 0 Å². The van der Waals surface area contributed by atoms with Crippen LogP contribution in [0.4, 0.5) is 0 Å². The van der Waals surface area contributed by atoms with Gasteiger partial charge in [0.25, 0.3) is 5.91 Å². The molecule has 5 heteroatoms. The molecule has 0 aromatic heterocycles. The number of rotatable bonds is 5. The first kappa shape index (κ1) is 18.8. The molecular weight excluding hydrogens is 342 g/mol. The lowest BCUT2D eigenvalue weighted by atomic mass is 9.94. The van der Waals surface area contributed by atoms with E-state index in [-0.39, 0.29) is 23.6 Å². The Balaban J connectivity index is 1.83. The Bertz CT molecular complexity index is 831. The number of amides is 1. The predicted octanol–water partition coefficient (Wildman–Crippen LogP) is 3.33. The molecule has 27 heavy (non-hydrogen) atoms. The number of hydrogen-bond acceptors (Lipinski definition) is 4. The Kier molecular flexibility index (Phi) is 6.01. The Morgan fingerprint density at radius 2 is 1.67 bits per heavy atom. The molecule has 0 aliphatic carbocycles. The number of carbonyl (C=O) groups is 3. The highest BCUT2D eigenvalue weighted by Gasteiger charge is 2.31. The lowest BCUT2D eigenvalue weighted by Crippen LogP contribution is -2.43. The summed E-state index contributed by atoms with van der Waals surface area (Å²) < 4.78 is 5.10. The van der Waals surface area contributed by atoms with Gasteiger partial charge >= 0.3 is 5.97 Å². The van der Waals surface area contributed by atoms with Crippen LogP contribution < -0.4 is 0 Å². The fraction of sp³-hybridized carbons (Fsp3) is 0.318. The van der Waals surface area contributed by atoms with E-state index in [2.05, 4.69) is 0 Å². The van der Waals surface area contributed by atoms with Crippen LogP contribution in [0.1, 0.15) is 46.0 Å². The molecular formula is C22H23NO4. The van der Waals surface area contributed by atoms with E-state index < -0.39 is 0 Å². The minimum absolute atomic E-state index is 0.182. The summed E-state index contributed by atoms with van der Waals surface area (Å²) in [4.78, 5) is 39.7. The van der Waals surface area contributed by atoms with E-state index in [4.69, 9.17) is 4.74 Å². The molecule has 0 saturated carbocycles. The molecule has 1 atom stereocenters. The normalized spacial score (nSPS) is 16.6. The maximum Gasteiger partial charge on any atom is 0.310 e. The molecule has 1 unspecified atom stereocenters. The predicted molar refractivity (Wildman–Crippen MR) is 102 cm³/mol. The van der Waals surface area contributed by atoms with Gasteiger partial charge < -0.3 is 9.64 Å². The van der Waals surface area contributed by atoms with Crippen LogP contribution in [0.5, 0.6) is 0 Å². The summed E-state index contributed by atoms with van der Waals surface area (Å²) in [5.74, 6) is -0.967. The molecule has 0 spiro atoms. The maximum atomic E-state index is 13.1. The lowest BCUT2D eigenvalue weighted by molar-refractivity contribution is -0.149. The second kappa shape index (κ2) is 8.62. The van der Waals surface area contributed by atoms with Crippen molar-refractivity contribution < 1.29 is 19.1 Å². The molecule has 0 radical (unpaired) electrons. The molecule has 3 rings (SSSR count). The standard InChI is InChI=1S/C22H23NO4/c1-2-27-22(26)17-11-8-14-23(15-17)21(25)19-13-7-6-12-18(19)20(24)16-9-4-3-5-10-16/h3-7,9-10,12-13,17H,2,8,11,14-15H2,1H3. The summed E-state index contributed by atoms with van der Waals surface area (Å²) >= 11 is 0. The van der Waals surface area contributed by atoms with Crippen LogP contribution in [0.15, 0.2) is 54.6 Å². The van der Waals surface area contributed by atoms with E-state index in [0.717, 1.165) is 6.42 Å². The first-order valence-electron chi connectivity index (χ1n) is 9.26. The van der Waals surface area contributed by atoms with Gasteiger partial charge in [-0.05, 0) is 25.8 Å². The molecule has 1 aliphatic heterocycles. The molecule has 2 aromatic carbocycles. The molecule has 1 fully saturated rings. The molecule has 1 saturated heterocycles. The van der Waals surface area contributed by atoms with Crippen LogP contribution in [0, 0.1) is 5.92 Å². The smallest absolute Gasteiger partial charge is 0.310 e. The topological polar surface area (TPSA) is 63.7 Å². The SMILES string of the molecule is CCOC(=O)C1CCCN(C(=O)c2ccccc2C(=O)c2ccccc2)C1. The fourth-order valence-electron chi connectivity index (χ4n) is 3.40. The second-order valence-corrected chi connectivity index (χ2v) is 6.58. The molecule has 0 bridgehead atoms. The van der Waals surface area contributed by atoms with E-state index in [1.165, 1.54) is 0 Å². The number of hydrogen-bond donors (Lipinski definition) is 0. The van der Waals surface area contributed by atoms with Gasteiger partial charge in [-0.3, -0.25) is 14.4 Å². The van der Waals surface area contributed by atoms with Gasteiger partial charge in [0.05, 0.1) is 18.1 Å². The largest absolute Gasteiger partial charge is 0.466 e. The van der Waals surface area contributed by atoms with E-state index in [1.54, 1.807) is 60.4 Å². The number of piperidine rings is 1. The van der Waals surface area contributed by atoms with E-state index in [9.17, 15) is 14.4 Å². The monoisotopic (exact) mass is 365 g/mol. The summed E-state index contributed by atoms with van der Waals surface area (Å²) in [6, 6.07) is 15.8. The van der Waals surface area contributed by atoms with Gasteiger partial charge in [0.1, 0.15) is 0 Å². The van der Waals surface area contributed by atoms with Crippen LogP contribution >= 0.6 is 0 Å². The Labute approximate surface area is 158 Å². The van der Waals surface area contributed by atoms with Crippen molar-refractivity contribution >= 4 is 17.7 Å². The van der Waals surface area contributed by atoms with Crippen LogP contribution in [0.2, 0.25) is 0 Å².